The molecule has 0 spiro atoms. The van der Waals surface area contributed by atoms with Crippen LogP contribution in [0.25, 0.3) is 11.0 Å². The minimum Gasteiger partial charge on any atom is -0.368 e. The number of aromatic nitrogens is 4. The van der Waals surface area contributed by atoms with E-state index in [1.807, 2.05) is 0 Å². The average Bonchev–Trinajstić information content (AvgIpc) is 3.06. The molecule has 1 aliphatic heterocycles. The largest absolute Gasteiger partial charge is 0.368 e. The Balaban J connectivity index is 1.73. The lowest BCUT2D eigenvalue weighted by molar-refractivity contribution is 0.102. The van der Waals surface area contributed by atoms with Crippen molar-refractivity contribution < 1.29 is 4.79 Å². The highest BCUT2D eigenvalue weighted by Gasteiger charge is 2.24. The third kappa shape index (κ3) is 3.40. The van der Waals surface area contributed by atoms with E-state index in [2.05, 4.69) is 41.1 Å². The lowest BCUT2D eigenvalue weighted by atomic mass is 10.1. The van der Waals surface area contributed by atoms with Gasteiger partial charge >= 0.3 is 0 Å². The molecule has 0 saturated carbocycles. The van der Waals surface area contributed by atoms with Gasteiger partial charge in [-0.1, -0.05) is 0 Å². The van der Waals surface area contributed by atoms with Crippen molar-refractivity contribution in [2.45, 2.75) is 18.9 Å². The van der Waals surface area contributed by atoms with Gasteiger partial charge in [0.15, 0.2) is 0 Å². The van der Waals surface area contributed by atoms with Crippen LogP contribution in [0.5, 0.6) is 0 Å². The van der Waals surface area contributed by atoms with Gasteiger partial charge in [0, 0.05) is 44.8 Å². The summed E-state index contributed by atoms with van der Waals surface area (Å²) in [6.45, 7) is 1.62. The molecule has 1 fully saturated rings. The molecule has 0 aliphatic carbocycles. The molecule has 1 saturated heterocycles. The number of anilines is 2. The maximum absolute atomic E-state index is 12.7. The van der Waals surface area contributed by atoms with Gasteiger partial charge in [0.2, 0.25) is 0 Å². The van der Waals surface area contributed by atoms with Gasteiger partial charge in [0.1, 0.15) is 11.3 Å². The molecule has 4 N–H and O–H groups in total. The molecule has 3 aromatic heterocycles. The second-order valence-corrected chi connectivity index (χ2v) is 7.76. The number of nitrogens with two attached hydrogens (primary N) is 1. The number of hydrogen-bond acceptors (Lipinski definition) is 6. The lowest BCUT2D eigenvalue weighted by Crippen LogP contribution is -2.43. The Morgan fingerprint density at radius 2 is 2.21 bits per heavy atom. The zero-order valence-electron chi connectivity index (χ0n) is 15.3. The first-order valence-electron chi connectivity index (χ1n) is 8.94. The first-order valence-corrected chi connectivity index (χ1v) is 9.73. The number of amides is 1. The standard InChI is InChI=1S/C18H20BrN7O2/c1-25-9-13(21-7-14(25)27)18(28)24-12-6-23-17-15(12)16(11(19)5-22-17)26-4-2-3-10(20)8-26/h5-7,9-10H,2-4,8,20H2,1H3,(H,22,23)(H,24,28). The second-order valence-electron chi connectivity index (χ2n) is 6.90. The van der Waals surface area contributed by atoms with E-state index in [9.17, 15) is 9.59 Å². The molecule has 0 radical (unpaired) electrons. The van der Waals surface area contributed by atoms with Crippen molar-refractivity contribution in [2.75, 3.05) is 23.3 Å². The van der Waals surface area contributed by atoms with Crippen molar-refractivity contribution in [3.63, 3.8) is 0 Å². The zero-order chi connectivity index (χ0) is 19.8. The number of H-pyrrole nitrogens is 1. The Bertz CT molecular complexity index is 1110. The van der Waals surface area contributed by atoms with E-state index in [-0.39, 0.29) is 17.3 Å². The van der Waals surface area contributed by atoms with E-state index >= 15 is 0 Å². The van der Waals surface area contributed by atoms with E-state index in [1.54, 1.807) is 19.4 Å². The summed E-state index contributed by atoms with van der Waals surface area (Å²) in [5.74, 6) is -0.405. The van der Waals surface area contributed by atoms with E-state index in [0.717, 1.165) is 47.7 Å². The Morgan fingerprint density at radius 3 is 2.96 bits per heavy atom. The highest BCUT2D eigenvalue weighted by atomic mass is 79.9. The van der Waals surface area contributed by atoms with Crippen molar-refractivity contribution in [3.8, 4) is 0 Å². The molecule has 146 valence electrons. The Hall–Kier alpha value is -2.72. The van der Waals surface area contributed by atoms with E-state index < -0.39 is 5.91 Å². The van der Waals surface area contributed by atoms with Crippen LogP contribution in [0, 0.1) is 0 Å². The fourth-order valence-electron chi connectivity index (χ4n) is 3.48. The van der Waals surface area contributed by atoms with Crippen LogP contribution < -0.4 is 21.5 Å². The second kappa shape index (κ2) is 7.36. The third-order valence-corrected chi connectivity index (χ3v) is 5.44. The summed E-state index contributed by atoms with van der Waals surface area (Å²) in [6.07, 6.45) is 7.99. The van der Waals surface area contributed by atoms with E-state index in [4.69, 9.17) is 5.73 Å². The normalized spacial score (nSPS) is 17.1. The van der Waals surface area contributed by atoms with Crippen LogP contribution in [0.4, 0.5) is 11.4 Å². The molecular formula is C18H20BrN7O2. The average molecular weight is 446 g/mol. The number of piperidine rings is 1. The number of halogens is 1. The highest BCUT2D eigenvalue weighted by molar-refractivity contribution is 9.10. The molecule has 3 aromatic rings. The number of carbonyl (C=O) groups is 1. The van der Waals surface area contributed by atoms with Crippen LogP contribution in [0.2, 0.25) is 0 Å². The maximum atomic E-state index is 12.7. The smallest absolute Gasteiger partial charge is 0.275 e. The quantitative estimate of drug-likeness (QED) is 0.562. The number of nitrogens with zero attached hydrogens (tertiary/aromatic N) is 4. The first kappa shape index (κ1) is 18.6. The highest BCUT2D eigenvalue weighted by Crippen LogP contribution is 2.38. The predicted octanol–water partition coefficient (Wildman–Crippen LogP) is 1.60. The number of hydrogen-bond donors (Lipinski definition) is 3. The fraction of sp³-hybridized carbons (Fsp3) is 0.333. The predicted molar refractivity (Wildman–Crippen MR) is 111 cm³/mol. The summed E-state index contributed by atoms with van der Waals surface area (Å²) in [5, 5.41) is 3.69. The molecule has 28 heavy (non-hydrogen) atoms. The van der Waals surface area contributed by atoms with E-state index in [1.165, 1.54) is 10.8 Å². The minimum absolute atomic E-state index is 0.107. The molecule has 1 atom stereocenters. The van der Waals surface area contributed by atoms with Crippen LogP contribution in [0.3, 0.4) is 0 Å². The number of fused-ring (bicyclic) bond motifs is 1. The first-order chi connectivity index (χ1) is 13.4. The molecule has 0 aromatic carbocycles. The Kier molecular flexibility index (Phi) is 4.90. The summed E-state index contributed by atoms with van der Waals surface area (Å²) in [5.41, 5.74) is 8.26. The molecule has 1 amide bonds. The molecular weight excluding hydrogens is 426 g/mol. The maximum Gasteiger partial charge on any atom is 0.275 e. The number of aromatic amines is 1. The number of nitrogens with one attached hydrogen (secondary N) is 2. The van der Waals surface area contributed by atoms with Crippen molar-refractivity contribution in [2.24, 2.45) is 12.8 Å². The van der Waals surface area contributed by atoms with Gasteiger partial charge in [-0.05, 0) is 28.8 Å². The number of aryl methyl sites for hydroxylation is 1. The summed E-state index contributed by atoms with van der Waals surface area (Å²) in [4.78, 5) is 37.8. The number of rotatable bonds is 3. The zero-order valence-corrected chi connectivity index (χ0v) is 16.9. The Morgan fingerprint density at radius 1 is 1.39 bits per heavy atom. The van der Waals surface area contributed by atoms with Crippen molar-refractivity contribution in [1.29, 1.82) is 0 Å². The minimum atomic E-state index is -0.405. The summed E-state index contributed by atoms with van der Waals surface area (Å²) >= 11 is 3.60. The lowest BCUT2D eigenvalue weighted by Gasteiger charge is -2.33. The molecule has 1 aliphatic rings. The van der Waals surface area contributed by atoms with Gasteiger partial charge in [-0.15, -0.1) is 0 Å². The molecule has 9 nitrogen and oxygen atoms in total. The Labute approximate surface area is 169 Å². The SMILES string of the molecule is Cn1cc(C(=O)Nc2c[nH]c3ncc(Br)c(N4CCCC(N)C4)c23)ncc1=O. The van der Waals surface area contributed by atoms with Crippen molar-refractivity contribution in [1.82, 2.24) is 19.5 Å². The van der Waals surface area contributed by atoms with Crippen LogP contribution in [0.1, 0.15) is 23.3 Å². The topological polar surface area (TPSA) is 122 Å². The van der Waals surface area contributed by atoms with Gasteiger partial charge in [-0.3, -0.25) is 9.59 Å². The summed E-state index contributed by atoms with van der Waals surface area (Å²) < 4.78 is 2.15. The molecule has 0 bridgehead atoms. The van der Waals surface area contributed by atoms with Gasteiger partial charge in [-0.25, -0.2) is 9.97 Å². The van der Waals surface area contributed by atoms with Gasteiger partial charge in [0.05, 0.1) is 27.4 Å². The van der Waals surface area contributed by atoms with Crippen LogP contribution in [0.15, 0.2) is 34.1 Å². The molecule has 4 rings (SSSR count). The molecule has 1 unspecified atom stereocenters. The summed E-state index contributed by atoms with van der Waals surface area (Å²) in [6, 6.07) is 0.107. The van der Waals surface area contributed by atoms with Crippen LogP contribution >= 0.6 is 15.9 Å². The van der Waals surface area contributed by atoms with Gasteiger partial charge in [0.25, 0.3) is 11.5 Å². The van der Waals surface area contributed by atoms with E-state index in [0.29, 0.717) is 11.3 Å². The molecule has 10 heteroatoms. The van der Waals surface area contributed by atoms with Crippen molar-refractivity contribution >= 4 is 44.2 Å². The number of pyridine rings is 1. The van der Waals surface area contributed by atoms with Gasteiger partial charge < -0.3 is 25.5 Å². The molecule has 4 heterocycles. The number of carbonyl (C=O) groups excluding carboxylic acids is 1. The van der Waals surface area contributed by atoms with Crippen LogP contribution in [-0.2, 0) is 7.05 Å². The van der Waals surface area contributed by atoms with Crippen LogP contribution in [-0.4, -0.2) is 44.6 Å². The fourth-order valence-corrected chi connectivity index (χ4v) is 4.03. The monoisotopic (exact) mass is 445 g/mol. The summed E-state index contributed by atoms with van der Waals surface area (Å²) in [7, 11) is 1.57. The van der Waals surface area contributed by atoms with Gasteiger partial charge in [-0.2, -0.15) is 0 Å². The third-order valence-electron chi connectivity index (χ3n) is 4.86. The van der Waals surface area contributed by atoms with Crippen molar-refractivity contribution in [3.05, 3.63) is 45.3 Å².